The monoisotopic (exact) mass is 360 g/mol. The smallest absolute Gasteiger partial charge is 0.337 e. The first-order valence-corrected chi connectivity index (χ1v) is 8.99. The van der Waals surface area contributed by atoms with E-state index in [1.54, 1.807) is 7.11 Å². The fourth-order valence-electron chi connectivity index (χ4n) is 1.97. The van der Waals surface area contributed by atoms with Crippen LogP contribution in [-0.2, 0) is 19.5 Å². The summed E-state index contributed by atoms with van der Waals surface area (Å²) in [6, 6.07) is 3.99. The van der Waals surface area contributed by atoms with E-state index >= 15 is 0 Å². The zero-order valence-electron chi connectivity index (χ0n) is 13.9. The summed E-state index contributed by atoms with van der Waals surface area (Å²) >= 11 is 0. The minimum Gasteiger partial charge on any atom is -0.478 e. The van der Waals surface area contributed by atoms with Gasteiger partial charge in [0.05, 0.1) is 10.5 Å². The number of nitrogens with one attached hydrogen (secondary N) is 2. The molecule has 0 spiro atoms. The van der Waals surface area contributed by atoms with Crippen molar-refractivity contribution in [3.05, 3.63) is 23.8 Å². The van der Waals surface area contributed by atoms with Crippen LogP contribution in [0.2, 0.25) is 0 Å². The number of carboxylic acids is 1. The average molecular weight is 360 g/mol. The molecule has 0 bridgehead atoms. The molecular weight excluding hydrogens is 336 g/mol. The van der Waals surface area contributed by atoms with Gasteiger partial charge in [-0.3, -0.25) is 0 Å². The first-order valence-electron chi connectivity index (χ1n) is 7.51. The Bertz CT molecular complexity index is 633. The highest BCUT2D eigenvalue weighted by atomic mass is 32.2. The maximum Gasteiger partial charge on any atom is 0.337 e. The number of benzene rings is 1. The van der Waals surface area contributed by atoms with E-state index in [9.17, 15) is 18.3 Å². The molecule has 0 saturated heterocycles. The lowest BCUT2D eigenvalue weighted by molar-refractivity contribution is 0.0697. The van der Waals surface area contributed by atoms with Crippen molar-refractivity contribution in [1.29, 1.82) is 0 Å². The molecule has 0 fully saturated rings. The number of carboxylic acid groups (broad SMARTS) is 1. The molecule has 8 nitrogen and oxygen atoms in total. The Morgan fingerprint density at radius 2 is 1.75 bits per heavy atom. The van der Waals surface area contributed by atoms with Crippen LogP contribution in [0.4, 0.5) is 5.69 Å². The summed E-state index contributed by atoms with van der Waals surface area (Å²) in [5.41, 5.74) is 0.282. The van der Waals surface area contributed by atoms with Crippen molar-refractivity contribution in [2.75, 3.05) is 45.8 Å². The molecule has 0 heterocycles. The fourth-order valence-corrected chi connectivity index (χ4v) is 3.07. The lowest BCUT2D eigenvalue weighted by Gasteiger charge is -2.12. The molecular formula is C15H24N2O6S. The highest BCUT2D eigenvalue weighted by Crippen LogP contribution is 2.20. The third-order valence-electron chi connectivity index (χ3n) is 3.19. The molecule has 1 rings (SSSR count). The Balaban J connectivity index is 2.86. The second-order valence-corrected chi connectivity index (χ2v) is 6.80. The van der Waals surface area contributed by atoms with Crippen LogP contribution < -0.4 is 10.0 Å². The molecule has 0 aliphatic heterocycles. The molecule has 0 radical (unpaired) electrons. The van der Waals surface area contributed by atoms with E-state index < -0.39 is 16.0 Å². The van der Waals surface area contributed by atoms with Gasteiger partial charge < -0.3 is 19.9 Å². The van der Waals surface area contributed by atoms with Crippen LogP contribution in [-0.4, -0.2) is 60.0 Å². The van der Waals surface area contributed by atoms with Gasteiger partial charge in [-0.05, 0) is 31.0 Å². The molecule has 0 aliphatic rings. The Labute approximate surface area is 142 Å². The lowest BCUT2D eigenvalue weighted by atomic mass is 10.2. The van der Waals surface area contributed by atoms with Gasteiger partial charge in [0.25, 0.3) is 0 Å². The molecule has 0 amide bonds. The summed E-state index contributed by atoms with van der Waals surface area (Å²) < 4.78 is 36.6. The van der Waals surface area contributed by atoms with Crippen LogP contribution >= 0.6 is 0 Å². The van der Waals surface area contributed by atoms with Crippen LogP contribution in [0.15, 0.2) is 23.1 Å². The summed E-state index contributed by atoms with van der Waals surface area (Å²) in [7, 11) is -0.640. The molecule has 24 heavy (non-hydrogen) atoms. The van der Waals surface area contributed by atoms with Crippen molar-refractivity contribution in [3.8, 4) is 0 Å². The topological polar surface area (TPSA) is 114 Å². The molecule has 0 aliphatic carbocycles. The van der Waals surface area contributed by atoms with Crippen LogP contribution in [0.25, 0.3) is 0 Å². The summed E-state index contributed by atoms with van der Waals surface area (Å²) in [6.07, 6.45) is 1.23. The van der Waals surface area contributed by atoms with E-state index in [2.05, 4.69) is 10.0 Å². The zero-order valence-corrected chi connectivity index (χ0v) is 14.7. The van der Waals surface area contributed by atoms with E-state index in [0.29, 0.717) is 38.3 Å². The molecule has 0 saturated carbocycles. The van der Waals surface area contributed by atoms with Crippen molar-refractivity contribution in [2.24, 2.45) is 0 Å². The van der Waals surface area contributed by atoms with Gasteiger partial charge in [-0.1, -0.05) is 0 Å². The highest BCUT2D eigenvalue weighted by Gasteiger charge is 2.18. The van der Waals surface area contributed by atoms with E-state index in [4.69, 9.17) is 9.47 Å². The Morgan fingerprint density at radius 1 is 1.12 bits per heavy atom. The number of hydrogen-bond acceptors (Lipinski definition) is 6. The maximum atomic E-state index is 12.2. The van der Waals surface area contributed by atoms with E-state index in [1.165, 1.54) is 19.2 Å². The largest absolute Gasteiger partial charge is 0.478 e. The summed E-state index contributed by atoms with van der Waals surface area (Å²) in [5, 5.41) is 12.3. The minimum atomic E-state index is -3.76. The predicted molar refractivity (Wildman–Crippen MR) is 90.1 cm³/mol. The van der Waals surface area contributed by atoms with Crippen LogP contribution in [0.3, 0.4) is 0 Å². The molecule has 1 aromatic rings. The second kappa shape index (κ2) is 10.2. The first kappa shape index (κ1) is 20.4. The van der Waals surface area contributed by atoms with Crippen molar-refractivity contribution < 1.29 is 27.8 Å². The number of aromatic carboxylic acids is 1. The Morgan fingerprint density at radius 3 is 2.33 bits per heavy atom. The molecule has 0 atom stereocenters. The van der Waals surface area contributed by atoms with Gasteiger partial charge in [-0.2, -0.15) is 0 Å². The standard InChI is InChI=1S/C15H24N2O6S/c1-22-9-3-7-16-14-6-5-12(11-13(14)15(18)19)24(20,21)17-8-4-10-23-2/h5-6,11,16-17H,3-4,7-10H2,1-2H3,(H,18,19). The van der Waals surface area contributed by atoms with Crippen LogP contribution in [0, 0.1) is 0 Å². The normalized spacial score (nSPS) is 11.4. The third-order valence-corrected chi connectivity index (χ3v) is 4.65. The summed E-state index contributed by atoms with van der Waals surface area (Å²) in [4.78, 5) is 11.3. The number of anilines is 1. The van der Waals surface area contributed by atoms with Gasteiger partial charge in [0, 0.05) is 46.2 Å². The molecule has 136 valence electrons. The maximum absolute atomic E-state index is 12.2. The van der Waals surface area contributed by atoms with Crippen LogP contribution in [0.5, 0.6) is 0 Å². The highest BCUT2D eigenvalue weighted by molar-refractivity contribution is 7.89. The van der Waals surface area contributed by atoms with Crippen molar-refractivity contribution >= 4 is 21.7 Å². The van der Waals surface area contributed by atoms with Gasteiger partial charge in [-0.15, -0.1) is 0 Å². The fraction of sp³-hybridized carbons (Fsp3) is 0.533. The number of carbonyl (C=O) groups is 1. The summed E-state index contributed by atoms with van der Waals surface area (Å²) in [5.74, 6) is -1.19. The van der Waals surface area contributed by atoms with Crippen molar-refractivity contribution in [1.82, 2.24) is 4.72 Å². The van der Waals surface area contributed by atoms with E-state index in [0.717, 1.165) is 6.07 Å². The van der Waals surface area contributed by atoms with Gasteiger partial charge >= 0.3 is 5.97 Å². The Hall–Kier alpha value is -1.68. The third kappa shape index (κ3) is 6.44. The molecule has 1 aromatic carbocycles. The van der Waals surface area contributed by atoms with Gasteiger partial charge in [0.1, 0.15) is 0 Å². The quantitative estimate of drug-likeness (QED) is 0.479. The van der Waals surface area contributed by atoms with E-state index in [1.807, 2.05) is 0 Å². The number of rotatable bonds is 12. The van der Waals surface area contributed by atoms with E-state index in [-0.39, 0.29) is 17.0 Å². The SMILES string of the molecule is COCCCNc1ccc(S(=O)(=O)NCCCOC)cc1C(=O)O. The van der Waals surface area contributed by atoms with Crippen molar-refractivity contribution in [2.45, 2.75) is 17.7 Å². The molecule has 3 N–H and O–H groups in total. The Kier molecular flexibility index (Phi) is 8.69. The average Bonchev–Trinajstić information content (AvgIpc) is 2.55. The number of methoxy groups -OCH3 is 2. The predicted octanol–water partition coefficient (Wildman–Crippen LogP) is 1.15. The second-order valence-electron chi connectivity index (χ2n) is 5.03. The summed E-state index contributed by atoms with van der Waals surface area (Å²) in [6.45, 7) is 1.73. The van der Waals surface area contributed by atoms with Gasteiger partial charge in [-0.25, -0.2) is 17.9 Å². The number of sulfonamides is 1. The van der Waals surface area contributed by atoms with Gasteiger partial charge in [0.15, 0.2) is 0 Å². The lowest BCUT2D eigenvalue weighted by Crippen LogP contribution is -2.26. The minimum absolute atomic E-state index is 0.0836. The number of hydrogen-bond donors (Lipinski definition) is 3. The zero-order chi connectivity index (χ0) is 18.0. The molecule has 9 heteroatoms. The molecule has 0 aromatic heterocycles. The molecule has 0 unspecified atom stereocenters. The van der Waals surface area contributed by atoms with Crippen molar-refractivity contribution in [3.63, 3.8) is 0 Å². The van der Waals surface area contributed by atoms with Gasteiger partial charge in [0.2, 0.25) is 10.0 Å². The van der Waals surface area contributed by atoms with Crippen LogP contribution in [0.1, 0.15) is 23.2 Å². The first-order chi connectivity index (χ1) is 11.4. The number of ether oxygens (including phenoxy) is 2.